The second kappa shape index (κ2) is 8.16. The highest BCUT2D eigenvalue weighted by Crippen LogP contribution is 2.28. The van der Waals surface area contributed by atoms with E-state index in [2.05, 4.69) is 23.5 Å². The molecule has 0 saturated carbocycles. The topological polar surface area (TPSA) is 29.1 Å². The molecule has 1 aliphatic heterocycles. The highest BCUT2D eigenvalue weighted by Gasteiger charge is 2.17. The van der Waals surface area contributed by atoms with Crippen molar-refractivity contribution in [2.45, 2.75) is 34.1 Å². The Balaban J connectivity index is 0.000000461. The molecule has 0 spiro atoms. The van der Waals surface area contributed by atoms with Crippen molar-refractivity contribution in [2.75, 3.05) is 5.32 Å². The number of fused-ring (bicyclic) bond motifs is 1. The van der Waals surface area contributed by atoms with E-state index in [1.165, 1.54) is 5.56 Å². The van der Waals surface area contributed by atoms with Gasteiger partial charge >= 0.3 is 0 Å². The van der Waals surface area contributed by atoms with Crippen LogP contribution in [-0.4, -0.2) is 5.91 Å². The number of benzene rings is 2. The molecule has 106 valence electrons. The highest BCUT2D eigenvalue weighted by molar-refractivity contribution is 5.99. The predicted octanol–water partition coefficient (Wildman–Crippen LogP) is 4.90. The van der Waals surface area contributed by atoms with Crippen molar-refractivity contribution < 1.29 is 4.79 Å². The van der Waals surface area contributed by atoms with Crippen molar-refractivity contribution >= 4 is 11.6 Å². The molecule has 0 fully saturated rings. The average molecular weight is 269 g/mol. The normalized spacial score (nSPS) is 11.3. The number of nitrogens with one attached hydrogen (secondary N) is 1. The molecule has 1 amide bonds. The van der Waals surface area contributed by atoms with Crippen LogP contribution in [0.1, 0.15) is 33.3 Å². The Kier molecular flexibility index (Phi) is 6.51. The Hall–Kier alpha value is -2.09. The second-order valence-corrected chi connectivity index (χ2v) is 3.96. The Morgan fingerprint density at radius 2 is 1.50 bits per heavy atom. The zero-order valence-electron chi connectivity index (χ0n) is 12.7. The quantitative estimate of drug-likeness (QED) is 0.783. The van der Waals surface area contributed by atoms with E-state index in [9.17, 15) is 4.79 Å². The first-order valence-electron chi connectivity index (χ1n) is 7.31. The molecule has 1 heterocycles. The van der Waals surface area contributed by atoms with Gasteiger partial charge in [-0.15, -0.1) is 0 Å². The van der Waals surface area contributed by atoms with E-state index in [4.69, 9.17) is 0 Å². The summed E-state index contributed by atoms with van der Waals surface area (Å²) < 4.78 is 0. The monoisotopic (exact) mass is 269 g/mol. The maximum Gasteiger partial charge on any atom is 0.228 e. The Bertz CT molecular complexity index is 547. The third-order valence-corrected chi connectivity index (χ3v) is 2.84. The third kappa shape index (κ3) is 3.70. The minimum atomic E-state index is 0.0835. The number of carbonyl (C=O) groups excluding carboxylic acids is 1. The molecule has 0 unspecified atom stereocenters. The minimum absolute atomic E-state index is 0.0835. The zero-order valence-corrected chi connectivity index (χ0v) is 12.7. The van der Waals surface area contributed by atoms with Crippen molar-refractivity contribution in [3.63, 3.8) is 0 Å². The van der Waals surface area contributed by atoms with E-state index in [0.29, 0.717) is 6.42 Å². The smallest absolute Gasteiger partial charge is 0.228 e. The molecule has 1 aliphatic rings. The molecular formula is C18H23NO. The number of hydrogen-bond donors (Lipinski definition) is 1. The van der Waals surface area contributed by atoms with Crippen LogP contribution in [0.5, 0.6) is 0 Å². The van der Waals surface area contributed by atoms with Gasteiger partial charge in [0, 0.05) is 5.69 Å². The van der Waals surface area contributed by atoms with Gasteiger partial charge in [-0.05, 0) is 28.8 Å². The van der Waals surface area contributed by atoms with Crippen LogP contribution in [0.15, 0.2) is 48.5 Å². The van der Waals surface area contributed by atoms with Crippen LogP contribution in [-0.2, 0) is 11.2 Å². The van der Waals surface area contributed by atoms with Crippen LogP contribution in [0, 0.1) is 0 Å². The van der Waals surface area contributed by atoms with E-state index in [0.717, 1.165) is 16.8 Å². The number of amides is 1. The highest BCUT2D eigenvalue weighted by atomic mass is 16.1. The summed E-state index contributed by atoms with van der Waals surface area (Å²) in [5, 5.41) is 2.84. The molecule has 1 N–H and O–H groups in total. The van der Waals surface area contributed by atoms with E-state index in [-0.39, 0.29) is 5.91 Å². The van der Waals surface area contributed by atoms with Gasteiger partial charge in [-0.2, -0.15) is 0 Å². The Morgan fingerprint density at radius 1 is 0.850 bits per heavy atom. The maximum atomic E-state index is 11.2. The van der Waals surface area contributed by atoms with Crippen molar-refractivity contribution in [1.29, 1.82) is 0 Å². The molecule has 0 bridgehead atoms. The van der Waals surface area contributed by atoms with E-state index < -0.39 is 0 Å². The van der Waals surface area contributed by atoms with Gasteiger partial charge in [-0.3, -0.25) is 4.79 Å². The lowest BCUT2D eigenvalue weighted by Gasteiger charge is -2.04. The molecule has 0 radical (unpaired) electrons. The molecule has 2 heteroatoms. The largest absolute Gasteiger partial charge is 0.326 e. The third-order valence-electron chi connectivity index (χ3n) is 2.84. The van der Waals surface area contributed by atoms with Crippen LogP contribution in [0.25, 0.3) is 11.1 Å². The van der Waals surface area contributed by atoms with Gasteiger partial charge in [0.05, 0.1) is 6.42 Å². The van der Waals surface area contributed by atoms with Gasteiger partial charge in [-0.1, -0.05) is 64.1 Å². The fourth-order valence-corrected chi connectivity index (χ4v) is 2.04. The Morgan fingerprint density at radius 3 is 2.15 bits per heavy atom. The van der Waals surface area contributed by atoms with Gasteiger partial charge in [0.25, 0.3) is 0 Å². The number of carbonyl (C=O) groups is 1. The number of anilines is 1. The van der Waals surface area contributed by atoms with Crippen LogP contribution in [0.3, 0.4) is 0 Å². The lowest BCUT2D eigenvalue weighted by molar-refractivity contribution is -0.115. The molecule has 2 aromatic carbocycles. The van der Waals surface area contributed by atoms with Gasteiger partial charge < -0.3 is 5.32 Å². The van der Waals surface area contributed by atoms with Crippen molar-refractivity contribution in [3.05, 3.63) is 54.1 Å². The van der Waals surface area contributed by atoms with Crippen LogP contribution in [0.4, 0.5) is 5.69 Å². The van der Waals surface area contributed by atoms with Crippen LogP contribution in [0.2, 0.25) is 0 Å². The summed E-state index contributed by atoms with van der Waals surface area (Å²) in [7, 11) is 0. The molecule has 20 heavy (non-hydrogen) atoms. The summed E-state index contributed by atoms with van der Waals surface area (Å²) in [6.45, 7) is 8.00. The van der Waals surface area contributed by atoms with E-state index in [1.54, 1.807) is 0 Å². The summed E-state index contributed by atoms with van der Waals surface area (Å²) in [4.78, 5) is 11.2. The SMILES string of the molecule is CC.CC.O=C1Cc2cc(-c3ccccc3)ccc2N1. The van der Waals surface area contributed by atoms with Gasteiger partial charge in [0.15, 0.2) is 0 Å². The molecule has 0 aromatic heterocycles. The average Bonchev–Trinajstić information content (AvgIpc) is 2.91. The first kappa shape index (κ1) is 16.0. The second-order valence-electron chi connectivity index (χ2n) is 3.96. The molecular weight excluding hydrogens is 246 g/mol. The lowest BCUT2D eigenvalue weighted by atomic mass is 10.0. The molecule has 0 aliphatic carbocycles. The zero-order chi connectivity index (χ0) is 15.0. The van der Waals surface area contributed by atoms with Crippen LogP contribution >= 0.6 is 0 Å². The van der Waals surface area contributed by atoms with Crippen molar-refractivity contribution in [1.82, 2.24) is 0 Å². The van der Waals surface area contributed by atoms with Crippen molar-refractivity contribution in [3.8, 4) is 11.1 Å². The molecule has 2 nitrogen and oxygen atoms in total. The van der Waals surface area contributed by atoms with Gasteiger partial charge in [-0.25, -0.2) is 0 Å². The summed E-state index contributed by atoms with van der Waals surface area (Å²) in [6, 6.07) is 16.3. The minimum Gasteiger partial charge on any atom is -0.326 e. The first-order valence-corrected chi connectivity index (χ1v) is 7.31. The fourth-order valence-electron chi connectivity index (χ4n) is 2.04. The lowest BCUT2D eigenvalue weighted by Crippen LogP contribution is -2.03. The van der Waals surface area contributed by atoms with Gasteiger partial charge in [0.1, 0.15) is 0 Å². The molecule has 3 rings (SSSR count). The van der Waals surface area contributed by atoms with Crippen LogP contribution < -0.4 is 5.32 Å². The molecule has 0 saturated heterocycles. The van der Waals surface area contributed by atoms with Gasteiger partial charge in [0.2, 0.25) is 5.91 Å². The predicted molar refractivity (Wildman–Crippen MR) is 86.9 cm³/mol. The summed E-state index contributed by atoms with van der Waals surface area (Å²) in [5.41, 5.74) is 4.39. The first-order chi connectivity index (χ1) is 9.83. The molecule has 2 aromatic rings. The summed E-state index contributed by atoms with van der Waals surface area (Å²) in [5.74, 6) is 0.0835. The molecule has 0 atom stereocenters. The Labute approximate surface area is 121 Å². The standard InChI is InChI=1S/C14H11NO.2C2H6/c16-14-9-12-8-11(6-7-13(12)15-14)10-4-2-1-3-5-10;2*1-2/h1-8H,9H2,(H,15,16);2*1-2H3. The van der Waals surface area contributed by atoms with E-state index >= 15 is 0 Å². The summed E-state index contributed by atoms with van der Waals surface area (Å²) >= 11 is 0. The fraction of sp³-hybridized carbons (Fsp3) is 0.278. The maximum absolute atomic E-state index is 11.2. The number of hydrogen-bond acceptors (Lipinski definition) is 1. The van der Waals surface area contributed by atoms with Crippen molar-refractivity contribution in [2.24, 2.45) is 0 Å². The number of rotatable bonds is 1. The summed E-state index contributed by atoms with van der Waals surface area (Å²) in [6.07, 6.45) is 0.496. The van der Waals surface area contributed by atoms with E-state index in [1.807, 2.05) is 58.0 Å².